The summed E-state index contributed by atoms with van der Waals surface area (Å²) < 4.78 is 0.784. The van der Waals surface area contributed by atoms with Crippen molar-refractivity contribution in [3.8, 4) is 0 Å². The Morgan fingerprint density at radius 3 is 2.89 bits per heavy atom. The second-order valence-corrected chi connectivity index (χ2v) is 6.58. The Kier molecular flexibility index (Phi) is 3.11. The van der Waals surface area contributed by atoms with E-state index in [9.17, 15) is 4.79 Å². The van der Waals surface area contributed by atoms with Crippen molar-refractivity contribution in [2.75, 3.05) is 4.43 Å². The summed E-state index contributed by atoms with van der Waals surface area (Å²) >= 11 is 2.25. The fourth-order valence-corrected chi connectivity index (χ4v) is 2.43. The first-order valence-corrected chi connectivity index (χ1v) is 8.00. The van der Waals surface area contributed by atoms with Crippen LogP contribution in [0.4, 0.5) is 0 Å². The van der Waals surface area contributed by atoms with Crippen LogP contribution in [0, 0.1) is 5.41 Å². The molecule has 2 aromatic heterocycles. The van der Waals surface area contributed by atoms with E-state index in [0.29, 0.717) is 17.1 Å². The van der Waals surface area contributed by atoms with Crippen LogP contribution in [0.15, 0.2) is 12.4 Å². The summed E-state index contributed by atoms with van der Waals surface area (Å²) in [6, 6.07) is 0. The lowest BCUT2D eigenvalue weighted by molar-refractivity contribution is 0.0868. The van der Waals surface area contributed by atoms with Crippen LogP contribution in [0.3, 0.4) is 0 Å². The molecule has 0 spiro atoms. The molecular weight excluding hydrogens is 353 g/mol. The number of halogens is 1. The second kappa shape index (κ2) is 4.54. The molecule has 2 aromatic rings. The van der Waals surface area contributed by atoms with Gasteiger partial charge in [0.05, 0.1) is 17.5 Å². The zero-order chi connectivity index (χ0) is 13.6. The maximum absolute atomic E-state index is 12.6. The molecule has 0 radical (unpaired) electrons. The minimum Gasteiger partial charge on any atom is -0.344 e. The molecule has 3 rings (SSSR count). The van der Waals surface area contributed by atoms with Crippen molar-refractivity contribution in [2.24, 2.45) is 5.41 Å². The molecule has 100 valence electrons. The fraction of sp³-hybridized carbons (Fsp3) is 0.500. The topological polar surface area (TPSA) is 58.6 Å². The van der Waals surface area contributed by atoms with E-state index >= 15 is 0 Å². The first kappa shape index (κ1) is 13.0. The number of ketones is 1. The molecule has 1 aliphatic rings. The van der Waals surface area contributed by atoms with Gasteiger partial charge in [0, 0.05) is 22.0 Å². The molecule has 0 bridgehead atoms. The summed E-state index contributed by atoms with van der Waals surface area (Å²) in [5.74, 6) is 0.683. The van der Waals surface area contributed by atoms with E-state index in [0.717, 1.165) is 15.6 Å². The van der Waals surface area contributed by atoms with Crippen LogP contribution in [0.25, 0.3) is 11.2 Å². The molecule has 0 saturated heterocycles. The van der Waals surface area contributed by atoms with Gasteiger partial charge < -0.3 is 4.98 Å². The van der Waals surface area contributed by atoms with E-state index < -0.39 is 0 Å². The minimum atomic E-state index is -0.368. The number of fused-ring (bicyclic) bond motifs is 1. The van der Waals surface area contributed by atoms with Crippen molar-refractivity contribution in [3.63, 3.8) is 0 Å². The number of aromatic nitrogens is 3. The predicted molar refractivity (Wildman–Crippen MR) is 82.9 cm³/mol. The van der Waals surface area contributed by atoms with Gasteiger partial charge in [0.2, 0.25) is 0 Å². The number of carbonyl (C=O) groups is 1. The van der Waals surface area contributed by atoms with Gasteiger partial charge in [-0.25, -0.2) is 9.97 Å². The quantitative estimate of drug-likeness (QED) is 0.510. The zero-order valence-electron chi connectivity index (χ0n) is 11.0. The second-order valence-electron chi connectivity index (χ2n) is 5.82. The van der Waals surface area contributed by atoms with E-state index in [4.69, 9.17) is 0 Å². The summed E-state index contributed by atoms with van der Waals surface area (Å²) in [5, 5.41) is 0. The van der Waals surface area contributed by atoms with Gasteiger partial charge in [0.15, 0.2) is 11.4 Å². The number of hydrogen-bond donors (Lipinski definition) is 1. The van der Waals surface area contributed by atoms with Crippen molar-refractivity contribution in [3.05, 3.63) is 23.7 Å². The van der Waals surface area contributed by atoms with Gasteiger partial charge in [0.25, 0.3) is 0 Å². The van der Waals surface area contributed by atoms with Crippen molar-refractivity contribution >= 4 is 39.5 Å². The van der Waals surface area contributed by atoms with Gasteiger partial charge in [-0.15, -0.1) is 0 Å². The van der Waals surface area contributed by atoms with Crippen LogP contribution in [-0.4, -0.2) is 25.2 Å². The van der Waals surface area contributed by atoms with Crippen molar-refractivity contribution < 1.29 is 4.79 Å². The van der Waals surface area contributed by atoms with Crippen LogP contribution in [0.1, 0.15) is 48.7 Å². The standard InChI is InChI=1S/C14H16IN3O/c1-14(2,7-15)12(19)9-5-16-13-11(9)18-10(6-17-13)8-3-4-8/h5-6,8H,3-4,7H2,1-2H3,(H,16,17). The molecule has 0 atom stereocenters. The first-order valence-electron chi connectivity index (χ1n) is 6.48. The Bertz CT molecular complexity index is 643. The van der Waals surface area contributed by atoms with Crippen molar-refractivity contribution in [1.82, 2.24) is 15.0 Å². The Morgan fingerprint density at radius 1 is 1.53 bits per heavy atom. The molecule has 1 N–H and O–H groups in total. The molecule has 0 amide bonds. The third-order valence-electron chi connectivity index (χ3n) is 3.59. The lowest BCUT2D eigenvalue weighted by Gasteiger charge is -2.18. The zero-order valence-corrected chi connectivity index (χ0v) is 13.2. The molecule has 0 unspecified atom stereocenters. The normalized spacial score (nSPS) is 15.9. The summed E-state index contributed by atoms with van der Waals surface area (Å²) in [5.41, 5.74) is 2.76. The highest BCUT2D eigenvalue weighted by Crippen LogP contribution is 2.39. The number of aromatic amines is 1. The van der Waals surface area contributed by atoms with Gasteiger partial charge >= 0.3 is 0 Å². The summed E-state index contributed by atoms with van der Waals surface area (Å²) in [7, 11) is 0. The number of nitrogens with one attached hydrogen (secondary N) is 1. The lowest BCUT2D eigenvalue weighted by Crippen LogP contribution is -2.25. The van der Waals surface area contributed by atoms with E-state index in [1.807, 2.05) is 20.0 Å². The van der Waals surface area contributed by atoms with Crippen LogP contribution < -0.4 is 0 Å². The predicted octanol–water partition coefficient (Wildman–Crippen LogP) is 3.48. The van der Waals surface area contributed by atoms with E-state index in [2.05, 4.69) is 37.5 Å². The number of Topliss-reactive ketones (excluding diaryl/α,β-unsaturated/α-hetero) is 1. The van der Waals surface area contributed by atoms with E-state index in [1.165, 1.54) is 12.8 Å². The van der Waals surface area contributed by atoms with Crippen molar-refractivity contribution in [1.29, 1.82) is 0 Å². The Morgan fingerprint density at radius 2 is 2.26 bits per heavy atom. The van der Waals surface area contributed by atoms with E-state index in [1.54, 1.807) is 6.20 Å². The SMILES string of the molecule is CC(C)(CI)C(=O)c1c[nH]c2ncc(C3CC3)nc12. The van der Waals surface area contributed by atoms with Crippen molar-refractivity contribution in [2.45, 2.75) is 32.6 Å². The molecule has 0 aromatic carbocycles. The summed E-state index contributed by atoms with van der Waals surface area (Å²) in [6.45, 7) is 3.94. The maximum Gasteiger partial charge on any atom is 0.172 e. The molecule has 1 aliphatic carbocycles. The monoisotopic (exact) mass is 369 g/mol. The summed E-state index contributed by atoms with van der Waals surface area (Å²) in [4.78, 5) is 24.7. The number of nitrogens with zero attached hydrogens (tertiary/aromatic N) is 2. The highest BCUT2D eigenvalue weighted by atomic mass is 127. The van der Waals surface area contributed by atoms with Gasteiger partial charge in [-0.2, -0.15) is 0 Å². The fourth-order valence-electron chi connectivity index (χ4n) is 2.08. The third-order valence-corrected chi connectivity index (χ3v) is 5.50. The highest BCUT2D eigenvalue weighted by Gasteiger charge is 2.31. The van der Waals surface area contributed by atoms with Gasteiger partial charge in [-0.05, 0) is 12.8 Å². The largest absolute Gasteiger partial charge is 0.344 e. The molecule has 2 heterocycles. The molecule has 5 heteroatoms. The maximum atomic E-state index is 12.6. The molecule has 0 aliphatic heterocycles. The van der Waals surface area contributed by atoms with Gasteiger partial charge in [-0.3, -0.25) is 4.79 Å². The molecule has 1 fully saturated rings. The van der Waals surface area contributed by atoms with Gasteiger partial charge in [0.1, 0.15) is 5.52 Å². The average molecular weight is 369 g/mol. The highest BCUT2D eigenvalue weighted by molar-refractivity contribution is 14.1. The summed E-state index contributed by atoms with van der Waals surface area (Å²) in [6.07, 6.45) is 5.95. The first-order chi connectivity index (χ1) is 9.03. The Balaban J connectivity index is 2.08. The van der Waals surface area contributed by atoms with Crippen LogP contribution >= 0.6 is 22.6 Å². The van der Waals surface area contributed by atoms with Gasteiger partial charge in [-0.1, -0.05) is 36.4 Å². The van der Waals surface area contributed by atoms with Crippen LogP contribution in [0.2, 0.25) is 0 Å². The number of rotatable bonds is 4. The lowest BCUT2D eigenvalue weighted by atomic mass is 9.87. The number of H-pyrrole nitrogens is 1. The van der Waals surface area contributed by atoms with E-state index in [-0.39, 0.29) is 11.2 Å². The number of alkyl halides is 1. The van der Waals surface area contributed by atoms with Crippen LogP contribution in [-0.2, 0) is 0 Å². The molecule has 4 nitrogen and oxygen atoms in total. The van der Waals surface area contributed by atoms with Crippen LogP contribution in [0.5, 0.6) is 0 Å². The molecule has 19 heavy (non-hydrogen) atoms. The Labute approximate surface area is 125 Å². The number of carbonyl (C=O) groups excluding carboxylic acids is 1. The average Bonchev–Trinajstić information content (AvgIpc) is 3.17. The molecular formula is C14H16IN3O. The third kappa shape index (κ3) is 2.28. The molecule has 1 saturated carbocycles. The Hall–Kier alpha value is -0.980. The smallest absolute Gasteiger partial charge is 0.172 e. The minimum absolute atomic E-state index is 0.135. The number of hydrogen-bond acceptors (Lipinski definition) is 3.